The van der Waals surface area contributed by atoms with Gasteiger partial charge in [-0.2, -0.15) is 0 Å². The second kappa shape index (κ2) is 4.84. The van der Waals surface area contributed by atoms with Gasteiger partial charge in [-0.25, -0.2) is 0 Å². The number of halogens is 1. The fraction of sp³-hybridized carbons (Fsp3) is 0.364. The summed E-state index contributed by atoms with van der Waals surface area (Å²) in [7, 11) is 0. The molecule has 1 saturated heterocycles. The molecular formula is C11H13BrN2O2. The van der Waals surface area contributed by atoms with E-state index in [0.717, 1.165) is 10.9 Å². The average Bonchev–Trinajstić information content (AvgIpc) is 2.74. The summed E-state index contributed by atoms with van der Waals surface area (Å²) >= 11 is 3.33. The maximum atomic E-state index is 11.9. The summed E-state index contributed by atoms with van der Waals surface area (Å²) in [6, 6.07) is 5.30. The van der Waals surface area contributed by atoms with E-state index in [2.05, 4.69) is 21.2 Å². The summed E-state index contributed by atoms with van der Waals surface area (Å²) < 4.78 is 5.94. The van der Waals surface area contributed by atoms with E-state index in [-0.39, 0.29) is 11.9 Å². The van der Waals surface area contributed by atoms with E-state index in [1.165, 1.54) is 0 Å². The van der Waals surface area contributed by atoms with Crippen LogP contribution in [0.2, 0.25) is 0 Å². The number of amides is 1. The number of rotatable bonds is 2. The molecule has 1 aliphatic heterocycles. The van der Waals surface area contributed by atoms with Crippen molar-refractivity contribution in [3.63, 3.8) is 0 Å². The number of anilines is 1. The molecule has 1 aromatic rings. The van der Waals surface area contributed by atoms with Gasteiger partial charge < -0.3 is 15.8 Å². The van der Waals surface area contributed by atoms with Crippen LogP contribution in [0.4, 0.5) is 5.69 Å². The van der Waals surface area contributed by atoms with Gasteiger partial charge in [0.2, 0.25) is 0 Å². The molecule has 2 rings (SSSR count). The molecule has 1 heterocycles. The Hall–Kier alpha value is -1.07. The van der Waals surface area contributed by atoms with Crippen LogP contribution in [-0.2, 0) is 4.74 Å². The zero-order valence-electron chi connectivity index (χ0n) is 8.70. The van der Waals surface area contributed by atoms with Crippen LogP contribution in [0.25, 0.3) is 0 Å². The molecule has 1 amide bonds. The molecule has 1 aliphatic rings. The van der Waals surface area contributed by atoms with Gasteiger partial charge in [0, 0.05) is 16.8 Å². The lowest BCUT2D eigenvalue weighted by Gasteiger charge is -2.11. The number of hydrogen-bond donors (Lipinski definition) is 2. The van der Waals surface area contributed by atoms with Gasteiger partial charge >= 0.3 is 0 Å². The first-order valence-electron chi connectivity index (χ1n) is 5.10. The predicted molar refractivity (Wildman–Crippen MR) is 65.2 cm³/mol. The van der Waals surface area contributed by atoms with Gasteiger partial charge in [-0.1, -0.05) is 0 Å². The minimum absolute atomic E-state index is 0.112. The molecule has 0 aromatic heterocycles. The van der Waals surface area contributed by atoms with Crippen molar-refractivity contribution in [1.82, 2.24) is 5.32 Å². The minimum atomic E-state index is -0.116. The molecule has 16 heavy (non-hydrogen) atoms. The van der Waals surface area contributed by atoms with Gasteiger partial charge in [0.1, 0.15) is 0 Å². The first-order chi connectivity index (χ1) is 7.66. The normalized spacial score (nSPS) is 19.7. The number of nitrogens with two attached hydrogens (primary N) is 1. The number of carbonyl (C=O) groups excluding carboxylic acids is 1. The van der Waals surface area contributed by atoms with E-state index in [1.807, 2.05) is 0 Å². The SMILES string of the molecule is Nc1ccc(Br)c(C(=O)NC2CCOC2)c1. The van der Waals surface area contributed by atoms with E-state index in [1.54, 1.807) is 18.2 Å². The van der Waals surface area contributed by atoms with Crippen LogP contribution in [0.1, 0.15) is 16.8 Å². The molecule has 0 saturated carbocycles. The van der Waals surface area contributed by atoms with E-state index >= 15 is 0 Å². The number of nitrogen functional groups attached to an aromatic ring is 1. The molecule has 3 N–H and O–H groups in total. The summed E-state index contributed by atoms with van der Waals surface area (Å²) in [6.07, 6.45) is 0.867. The highest BCUT2D eigenvalue weighted by atomic mass is 79.9. The Morgan fingerprint density at radius 2 is 2.38 bits per heavy atom. The van der Waals surface area contributed by atoms with Crippen LogP contribution in [0, 0.1) is 0 Å². The number of carbonyl (C=O) groups is 1. The second-order valence-corrected chi connectivity index (χ2v) is 4.63. The smallest absolute Gasteiger partial charge is 0.252 e. The largest absolute Gasteiger partial charge is 0.399 e. The van der Waals surface area contributed by atoms with Crippen molar-refractivity contribution < 1.29 is 9.53 Å². The Morgan fingerprint density at radius 1 is 1.56 bits per heavy atom. The van der Waals surface area contributed by atoms with Gasteiger partial charge in [-0.15, -0.1) is 0 Å². The van der Waals surface area contributed by atoms with Crippen molar-refractivity contribution in [2.75, 3.05) is 18.9 Å². The third-order valence-electron chi connectivity index (χ3n) is 2.50. The zero-order valence-corrected chi connectivity index (χ0v) is 10.3. The van der Waals surface area contributed by atoms with E-state index in [9.17, 15) is 4.79 Å². The van der Waals surface area contributed by atoms with Crippen LogP contribution >= 0.6 is 15.9 Å². The Labute approximate surface area is 102 Å². The molecule has 0 bridgehead atoms. The first kappa shape index (κ1) is 11.4. The second-order valence-electron chi connectivity index (χ2n) is 3.77. The lowest BCUT2D eigenvalue weighted by molar-refractivity contribution is 0.0929. The van der Waals surface area contributed by atoms with Gasteiger partial charge in [0.15, 0.2) is 0 Å². The summed E-state index contributed by atoms with van der Waals surface area (Å²) in [6.45, 7) is 1.30. The third-order valence-corrected chi connectivity index (χ3v) is 3.19. The fourth-order valence-corrected chi connectivity index (χ4v) is 2.06. The summed E-state index contributed by atoms with van der Waals surface area (Å²) in [5.74, 6) is -0.116. The van der Waals surface area contributed by atoms with E-state index in [0.29, 0.717) is 24.5 Å². The van der Waals surface area contributed by atoms with E-state index in [4.69, 9.17) is 10.5 Å². The number of ether oxygens (including phenoxy) is 1. The summed E-state index contributed by atoms with van der Waals surface area (Å²) in [5.41, 5.74) is 6.79. The molecule has 0 spiro atoms. The molecule has 1 unspecified atom stereocenters. The van der Waals surface area contributed by atoms with Crippen LogP contribution in [0.15, 0.2) is 22.7 Å². The highest BCUT2D eigenvalue weighted by molar-refractivity contribution is 9.10. The quantitative estimate of drug-likeness (QED) is 0.810. The van der Waals surface area contributed by atoms with Gasteiger partial charge in [-0.3, -0.25) is 4.79 Å². The lowest BCUT2D eigenvalue weighted by Crippen LogP contribution is -2.35. The Kier molecular flexibility index (Phi) is 3.46. The van der Waals surface area contributed by atoms with Crippen LogP contribution < -0.4 is 11.1 Å². The van der Waals surface area contributed by atoms with Gasteiger partial charge in [0.05, 0.1) is 18.2 Å². The Morgan fingerprint density at radius 3 is 3.06 bits per heavy atom. The maximum Gasteiger partial charge on any atom is 0.252 e. The molecule has 0 radical (unpaired) electrons. The van der Waals surface area contributed by atoms with Gasteiger partial charge in [-0.05, 0) is 40.5 Å². The maximum absolute atomic E-state index is 11.9. The van der Waals surface area contributed by atoms with Crippen molar-refractivity contribution in [3.05, 3.63) is 28.2 Å². The van der Waals surface area contributed by atoms with Crippen molar-refractivity contribution in [2.45, 2.75) is 12.5 Å². The predicted octanol–water partition coefficient (Wildman–Crippen LogP) is 1.55. The minimum Gasteiger partial charge on any atom is -0.399 e. The highest BCUT2D eigenvalue weighted by Gasteiger charge is 2.19. The molecule has 1 atom stereocenters. The molecule has 0 aliphatic carbocycles. The summed E-state index contributed by atoms with van der Waals surface area (Å²) in [4.78, 5) is 11.9. The molecule has 4 nitrogen and oxygen atoms in total. The van der Waals surface area contributed by atoms with Crippen molar-refractivity contribution in [1.29, 1.82) is 0 Å². The van der Waals surface area contributed by atoms with Crippen LogP contribution in [-0.4, -0.2) is 25.2 Å². The average molecular weight is 285 g/mol. The van der Waals surface area contributed by atoms with Crippen molar-refractivity contribution in [2.24, 2.45) is 0 Å². The third kappa shape index (κ3) is 2.54. The monoisotopic (exact) mass is 284 g/mol. The number of nitrogens with one attached hydrogen (secondary N) is 1. The zero-order chi connectivity index (χ0) is 11.5. The van der Waals surface area contributed by atoms with Crippen LogP contribution in [0.3, 0.4) is 0 Å². The molecule has 1 aromatic carbocycles. The number of hydrogen-bond acceptors (Lipinski definition) is 3. The molecule has 1 fully saturated rings. The lowest BCUT2D eigenvalue weighted by atomic mass is 10.1. The Bertz CT molecular complexity index is 403. The van der Waals surface area contributed by atoms with Crippen LogP contribution in [0.5, 0.6) is 0 Å². The van der Waals surface area contributed by atoms with Gasteiger partial charge in [0.25, 0.3) is 5.91 Å². The standard InChI is InChI=1S/C11H13BrN2O2/c12-10-2-1-7(13)5-9(10)11(15)14-8-3-4-16-6-8/h1-2,5,8H,3-4,6,13H2,(H,14,15). The van der Waals surface area contributed by atoms with E-state index < -0.39 is 0 Å². The molecule has 5 heteroatoms. The highest BCUT2D eigenvalue weighted by Crippen LogP contribution is 2.19. The molecule has 86 valence electrons. The van der Waals surface area contributed by atoms with Crippen molar-refractivity contribution in [3.8, 4) is 0 Å². The molecular weight excluding hydrogens is 272 g/mol. The first-order valence-corrected chi connectivity index (χ1v) is 5.90. The topological polar surface area (TPSA) is 64.4 Å². The Balaban J connectivity index is 2.10. The summed E-state index contributed by atoms with van der Waals surface area (Å²) in [5, 5.41) is 2.91. The number of benzene rings is 1. The fourth-order valence-electron chi connectivity index (χ4n) is 1.63. The van der Waals surface area contributed by atoms with Crippen molar-refractivity contribution >= 4 is 27.5 Å².